The van der Waals surface area contributed by atoms with Crippen molar-refractivity contribution >= 4 is 15.9 Å². The van der Waals surface area contributed by atoms with E-state index in [4.69, 9.17) is 13.9 Å². The molecule has 0 aliphatic rings. The van der Waals surface area contributed by atoms with Crippen LogP contribution in [-0.2, 0) is 0 Å². The van der Waals surface area contributed by atoms with Gasteiger partial charge in [-0.1, -0.05) is 12.1 Å². The van der Waals surface area contributed by atoms with E-state index in [0.29, 0.717) is 23.3 Å². The fourth-order valence-electron chi connectivity index (χ4n) is 2.01. The molecule has 5 nitrogen and oxygen atoms in total. The number of hydrogen-bond acceptors (Lipinski definition) is 5. The van der Waals surface area contributed by atoms with Crippen molar-refractivity contribution in [3.05, 3.63) is 46.9 Å². The second-order valence-corrected chi connectivity index (χ2v) is 5.35. The van der Waals surface area contributed by atoms with Gasteiger partial charge in [-0.25, -0.2) is 0 Å². The minimum absolute atomic E-state index is 0.406. The molecule has 0 amide bonds. The maximum Gasteiger partial charge on any atom is 0.249 e. The van der Waals surface area contributed by atoms with Crippen molar-refractivity contribution in [2.45, 2.75) is 0 Å². The molecule has 0 spiro atoms. The predicted molar refractivity (Wildman–Crippen MR) is 86.0 cm³/mol. The SMILES string of the molecule is COc1cc(OC)cc(-c2nnc(-c3ccccc3Br)o2)c1. The summed E-state index contributed by atoms with van der Waals surface area (Å²) in [7, 11) is 3.19. The van der Waals surface area contributed by atoms with Crippen molar-refractivity contribution < 1.29 is 13.9 Å². The third-order valence-electron chi connectivity index (χ3n) is 3.13. The smallest absolute Gasteiger partial charge is 0.249 e. The van der Waals surface area contributed by atoms with Crippen LogP contribution in [0, 0.1) is 0 Å². The summed E-state index contributed by atoms with van der Waals surface area (Å²) in [6, 6.07) is 13.1. The molecule has 1 aromatic heterocycles. The predicted octanol–water partition coefficient (Wildman–Crippen LogP) is 4.18. The van der Waals surface area contributed by atoms with Gasteiger partial charge in [-0.05, 0) is 40.2 Å². The molecule has 0 aliphatic heterocycles. The van der Waals surface area contributed by atoms with E-state index in [1.165, 1.54) is 0 Å². The number of benzene rings is 2. The second-order valence-electron chi connectivity index (χ2n) is 4.49. The van der Waals surface area contributed by atoms with E-state index in [2.05, 4.69) is 26.1 Å². The number of rotatable bonds is 4. The monoisotopic (exact) mass is 360 g/mol. The highest BCUT2D eigenvalue weighted by atomic mass is 79.9. The number of halogens is 1. The molecular formula is C16H13BrN2O3. The Labute approximate surface area is 136 Å². The maximum absolute atomic E-state index is 5.77. The number of nitrogens with zero attached hydrogens (tertiary/aromatic N) is 2. The fraction of sp³-hybridized carbons (Fsp3) is 0.125. The van der Waals surface area contributed by atoms with Gasteiger partial charge < -0.3 is 13.9 Å². The minimum Gasteiger partial charge on any atom is -0.497 e. The maximum atomic E-state index is 5.77. The zero-order valence-electron chi connectivity index (χ0n) is 12.0. The quantitative estimate of drug-likeness (QED) is 0.698. The van der Waals surface area contributed by atoms with E-state index >= 15 is 0 Å². The van der Waals surface area contributed by atoms with Crippen LogP contribution in [0.25, 0.3) is 22.9 Å². The summed E-state index contributed by atoms with van der Waals surface area (Å²) in [5.74, 6) is 2.18. The van der Waals surface area contributed by atoms with Crippen molar-refractivity contribution in [1.29, 1.82) is 0 Å². The van der Waals surface area contributed by atoms with Gasteiger partial charge in [0.25, 0.3) is 0 Å². The summed E-state index contributed by atoms with van der Waals surface area (Å²) in [4.78, 5) is 0. The zero-order chi connectivity index (χ0) is 15.5. The molecule has 6 heteroatoms. The summed E-state index contributed by atoms with van der Waals surface area (Å²) < 4.78 is 17.2. The van der Waals surface area contributed by atoms with Crippen LogP contribution in [0.4, 0.5) is 0 Å². The van der Waals surface area contributed by atoms with Crippen LogP contribution >= 0.6 is 15.9 Å². The van der Waals surface area contributed by atoms with Gasteiger partial charge in [0.05, 0.1) is 19.8 Å². The Morgan fingerprint density at radius 1 is 0.909 bits per heavy atom. The van der Waals surface area contributed by atoms with Crippen molar-refractivity contribution in [3.8, 4) is 34.4 Å². The largest absolute Gasteiger partial charge is 0.497 e. The Balaban J connectivity index is 2.02. The van der Waals surface area contributed by atoms with Gasteiger partial charge in [-0.2, -0.15) is 0 Å². The van der Waals surface area contributed by atoms with Gasteiger partial charge in [0, 0.05) is 16.1 Å². The van der Waals surface area contributed by atoms with E-state index in [1.807, 2.05) is 36.4 Å². The van der Waals surface area contributed by atoms with Crippen molar-refractivity contribution in [2.24, 2.45) is 0 Å². The number of aromatic nitrogens is 2. The summed E-state index contributed by atoms with van der Waals surface area (Å²) in [6.45, 7) is 0. The topological polar surface area (TPSA) is 57.4 Å². The van der Waals surface area contributed by atoms with Crippen LogP contribution in [-0.4, -0.2) is 24.4 Å². The van der Waals surface area contributed by atoms with Gasteiger partial charge >= 0.3 is 0 Å². The van der Waals surface area contributed by atoms with Crippen molar-refractivity contribution in [2.75, 3.05) is 14.2 Å². The van der Waals surface area contributed by atoms with E-state index in [9.17, 15) is 0 Å². The first-order valence-corrected chi connectivity index (χ1v) is 7.32. The van der Waals surface area contributed by atoms with Crippen LogP contribution in [0.5, 0.6) is 11.5 Å². The van der Waals surface area contributed by atoms with Crippen molar-refractivity contribution in [3.63, 3.8) is 0 Å². The molecule has 3 rings (SSSR count). The number of hydrogen-bond donors (Lipinski definition) is 0. The molecule has 0 unspecified atom stereocenters. The summed E-state index contributed by atoms with van der Waals surface area (Å²) in [6.07, 6.45) is 0. The Hall–Kier alpha value is -2.34. The van der Waals surface area contributed by atoms with Gasteiger partial charge in [0.1, 0.15) is 11.5 Å². The van der Waals surface area contributed by atoms with E-state index < -0.39 is 0 Å². The molecule has 0 saturated heterocycles. The zero-order valence-corrected chi connectivity index (χ0v) is 13.6. The molecule has 0 aliphatic carbocycles. The molecule has 0 bridgehead atoms. The molecule has 22 heavy (non-hydrogen) atoms. The average molecular weight is 361 g/mol. The molecule has 0 N–H and O–H groups in total. The number of methoxy groups -OCH3 is 2. The first-order chi connectivity index (χ1) is 10.7. The highest BCUT2D eigenvalue weighted by Gasteiger charge is 2.14. The molecule has 0 atom stereocenters. The highest BCUT2D eigenvalue weighted by Crippen LogP contribution is 2.32. The van der Waals surface area contributed by atoms with Crippen LogP contribution in [0.1, 0.15) is 0 Å². The van der Waals surface area contributed by atoms with E-state index in [0.717, 1.165) is 15.6 Å². The van der Waals surface area contributed by atoms with Crippen LogP contribution in [0.2, 0.25) is 0 Å². The minimum atomic E-state index is 0.406. The average Bonchev–Trinajstić information content (AvgIpc) is 3.04. The Morgan fingerprint density at radius 2 is 1.55 bits per heavy atom. The van der Waals surface area contributed by atoms with Gasteiger partial charge in [-0.3, -0.25) is 0 Å². The summed E-state index contributed by atoms with van der Waals surface area (Å²) in [5.41, 5.74) is 1.58. The lowest BCUT2D eigenvalue weighted by molar-refractivity contribution is 0.394. The summed E-state index contributed by atoms with van der Waals surface area (Å²) >= 11 is 3.48. The molecule has 0 fully saturated rings. The van der Waals surface area contributed by atoms with Gasteiger partial charge in [0.2, 0.25) is 11.8 Å². The molecule has 112 valence electrons. The first kappa shape index (κ1) is 14.6. The highest BCUT2D eigenvalue weighted by molar-refractivity contribution is 9.10. The lowest BCUT2D eigenvalue weighted by Crippen LogP contribution is -1.88. The van der Waals surface area contributed by atoms with Crippen LogP contribution in [0.15, 0.2) is 51.4 Å². The molecule has 3 aromatic rings. The summed E-state index contributed by atoms with van der Waals surface area (Å²) in [5, 5.41) is 8.21. The van der Waals surface area contributed by atoms with E-state index in [-0.39, 0.29) is 0 Å². The third-order valence-corrected chi connectivity index (χ3v) is 3.82. The number of ether oxygens (including phenoxy) is 2. The van der Waals surface area contributed by atoms with Crippen LogP contribution in [0.3, 0.4) is 0 Å². The van der Waals surface area contributed by atoms with Gasteiger partial charge in [0.15, 0.2) is 0 Å². The lowest BCUT2D eigenvalue weighted by atomic mass is 10.2. The first-order valence-electron chi connectivity index (χ1n) is 6.53. The Kier molecular flexibility index (Phi) is 4.11. The standard InChI is InChI=1S/C16H13BrN2O3/c1-20-11-7-10(8-12(9-11)21-2)15-18-19-16(22-15)13-5-3-4-6-14(13)17/h3-9H,1-2H3. The molecule has 1 heterocycles. The van der Waals surface area contributed by atoms with E-state index in [1.54, 1.807) is 20.3 Å². The molecule has 0 saturated carbocycles. The second kappa shape index (κ2) is 6.19. The third kappa shape index (κ3) is 2.82. The fourth-order valence-corrected chi connectivity index (χ4v) is 2.47. The lowest BCUT2D eigenvalue weighted by Gasteiger charge is -2.05. The Morgan fingerprint density at radius 3 is 2.18 bits per heavy atom. The molecule has 2 aromatic carbocycles. The normalized spacial score (nSPS) is 10.5. The van der Waals surface area contributed by atoms with Gasteiger partial charge in [-0.15, -0.1) is 10.2 Å². The molecule has 0 radical (unpaired) electrons. The Bertz CT molecular complexity index is 779. The van der Waals surface area contributed by atoms with Crippen LogP contribution < -0.4 is 9.47 Å². The molecular weight excluding hydrogens is 348 g/mol. The van der Waals surface area contributed by atoms with Crippen molar-refractivity contribution in [1.82, 2.24) is 10.2 Å².